The summed E-state index contributed by atoms with van der Waals surface area (Å²) in [7, 11) is 0. The molecular weight excluding hydrogens is 388 g/mol. The summed E-state index contributed by atoms with van der Waals surface area (Å²) in [5, 5.41) is 3.44. The van der Waals surface area contributed by atoms with Crippen LogP contribution in [0.3, 0.4) is 0 Å². The number of aromatic nitrogens is 1. The molecule has 0 radical (unpaired) electrons. The van der Waals surface area contributed by atoms with Crippen LogP contribution < -0.4 is 10.2 Å². The van der Waals surface area contributed by atoms with Crippen molar-refractivity contribution in [3.8, 4) is 0 Å². The molecule has 1 atom stereocenters. The average Bonchev–Trinajstić information content (AvgIpc) is 3.16. The zero-order chi connectivity index (χ0) is 20.8. The van der Waals surface area contributed by atoms with Crippen LogP contribution >= 0.6 is 11.3 Å². The minimum atomic E-state index is -0.678. The Morgan fingerprint density at radius 2 is 2.03 bits per heavy atom. The Balaban J connectivity index is 1.46. The van der Waals surface area contributed by atoms with Crippen LogP contribution in [0.2, 0.25) is 0 Å². The number of rotatable bonds is 5. The van der Waals surface area contributed by atoms with E-state index in [1.807, 2.05) is 39.0 Å². The fourth-order valence-corrected chi connectivity index (χ4v) is 4.98. The van der Waals surface area contributed by atoms with E-state index in [4.69, 9.17) is 0 Å². The largest absolute Gasteiger partial charge is 0.315 e. The molecule has 1 N–H and O–H groups in total. The number of fused-ring (bicyclic) bond motifs is 3. The highest BCUT2D eigenvalue weighted by Crippen LogP contribution is 2.44. The van der Waals surface area contributed by atoms with Gasteiger partial charge in [-0.15, -0.1) is 11.3 Å². The molecule has 29 heavy (non-hydrogen) atoms. The lowest BCUT2D eigenvalue weighted by atomic mass is 9.98. The van der Waals surface area contributed by atoms with Gasteiger partial charge < -0.3 is 10.2 Å². The number of anilines is 2. The zero-order valence-electron chi connectivity index (χ0n) is 16.8. The third-order valence-corrected chi connectivity index (χ3v) is 6.79. The highest BCUT2D eigenvalue weighted by Gasteiger charge is 2.52. The summed E-state index contributed by atoms with van der Waals surface area (Å²) >= 11 is 1.46. The monoisotopic (exact) mass is 412 g/mol. The van der Waals surface area contributed by atoms with E-state index in [2.05, 4.69) is 10.3 Å². The number of thiazole rings is 1. The molecule has 152 valence electrons. The Kier molecular flexibility index (Phi) is 4.90. The Labute approximate surface area is 173 Å². The van der Waals surface area contributed by atoms with Gasteiger partial charge in [-0.1, -0.05) is 12.1 Å². The number of benzene rings is 1. The molecule has 0 bridgehead atoms. The van der Waals surface area contributed by atoms with Crippen LogP contribution in [0.25, 0.3) is 0 Å². The molecular formula is C21H24N4O3S. The van der Waals surface area contributed by atoms with Crippen LogP contribution in [-0.4, -0.2) is 39.8 Å². The molecule has 2 aliphatic heterocycles. The second-order valence-corrected chi connectivity index (χ2v) is 8.94. The molecule has 1 unspecified atom stereocenters. The molecule has 7 nitrogen and oxygen atoms in total. The smallest absolute Gasteiger partial charge is 0.257 e. The van der Waals surface area contributed by atoms with Gasteiger partial charge in [0.2, 0.25) is 11.8 Å². The third-order valence-electron chi connectivity index (χ3n) is 5.81. The van der Waals surface area contributed by atoms with Gasteiger partial charge in [-0.2, -0.15) is 0 Å². The lowest BCUT2D eigenvalue weighted by molar-refractivity contribution is -0.118. The molecule has 1 aromatic carbocycles. The van der Waals surface area contributed by atoms with Crippen molar-refractivity contribution in [3.63, 3.8) is 0 Å². The molecule has 0 aliphatic carbocycles. The predicted octanol–water partition coefficient (Wildman–Crippen LogP) is 3.48. The van der Waals surface area contributed by atoms with Crippen molar-refractivity contribution in [2.45, 2.75) is 52.1 Å². The van der Waals surface area contributed by atoms with Crippen LogP contribution in [0.15, 0.2) is 24.3 Å². The fourth-order valence-electron chi connectivity index (χ4n) is 4.15. The van der Waals surface area contributed by atoms with Gasteiger partial charge in [-0.3, -0.25) is 19.3 Å². The van der Waals surface area contributed by atoms with Crippen LogP contribution in [0, 0.1) is 13.8 Å². The molecule has 2 aliphatic rings. The van der Waals surface area contributed by atoms with Crippen molar-refractivity contribution in [1.29, 1.82) is 0 Å². The van der Waals surface area contributed by atoms with E-state index in [1.165, 1.54) is 11.3 Å². The minimum Gasteiger partial charge on any atom is -0.315 e. The van der Waals surface area contributed by atoms with Gasteiger partial charge in [0.15, 0.2) is 5.13 Å². The maximum Gasteiger partial charge on any atom is 0.257 e. The van der Waals surface area contributed by atoms with Gasteiger partial charge in [0.05, 0.1) is 16.9 Å². The van der Waals surface area contributed by atoms with Crippen molar-refractivity contribution < 1.29 is 14.4 Å². The number of hydrogen-bond acceptors (Lipinski definition) is 5. The van der Waals surface area contributed by atoms with Crippen molar-refractivity contribution >= 4 is 39.9 Å². The van der Waals surface area contributed by atoms with Gasteiger partial charge in [0, 0.05) is 24.3 Å². The minimum absolute atomic E-state index is 0.0321. The number of para-hydroxylation sites is 1. The van der Waals surface area contributed by atoms with Gasteiger partial charge in [0.25, 0.3) is 5.91 Å². The molecule has 0 saturated carbocycles. The maximum atomic E-state index is 13.2. The molecule has 0 spiro atoms. The van der Waals surface area contributed by atoms with Crippen molar-refractivity contribution in [3.05, 3.63) is 40.4 Å². The highest BCUT2D eigenvalue weighted by atomic mass is 32.1. The van der Waals surface area contributed by atoms with Gasteiger partial charge in [-0.25, -0.2) is 4.98 Å². The van der Waals surface area contributed by atoms with E-state index in [0.717, 1.165) is 10.6 Å². The third kappa shape index (κ3) is 3.31. The molecule has 1 saturated heterocycles. The number of aryl methyl sites for hydroxylation is 2. The number of amides is 3. The van der Waals surface area contributed by atoms with E-state index in [0.29, 0.717) is 42.2 Å². The van der Waals surface area contributed by atoms with Crippen LogP contribution in [0.5, 0.6) is 0 Å². The molecule has 4 rings (SSSR count). The van der Waals surface area contributed by atoms with Gasteiger partial charge in [-0.05, 0) is 45.7 Å². The summed E-state index contributed by atoms with van der Waals surface area (Å²) in [5.41, 5.74) is 1.47. The summed E-state index contributed by atoms with van der Waals surface area (Å²) in [6.45, 7) is 6.23. The molecule has 3 heterocycles. The summed E-state index contributed by atoms with van der Waals surface area (Å²) in [4.78, 5) is 46.9. The molecule has 8 heteroatoms. The van der Waals surface area contributed by atoms with Gasteiger partial charge >= 0.3 is 0 Å². The summed E-state index contributed by atoms with van der Waals surface area (Å²) in [6.07, 6.45) is 1.81. The maximum absolute atomic E-state index is 13.2. The highest BCUT2D eigenvalue weighted by molar-refractivity contribution is 7.15. The van der Waals surface area contributed by atoms with Crippen molar-refractivity contribution in [2.24, 2.45) is 0 Å². The predicted molar refractivity (Wildman–Crippen MR) is 112 cm³/mol. The van der Waals surface area contributed by atoms with E-state index in [-0.39, 0.29) is 24.1 Å². The fraction of sp³-hybridized carbons (Fsp3) is 0.429. The summed E-state index contributed by atoms with van der Waals surface area (Å²) in [5.74, 6) is -0.168. The first-order chi connectivity index (χ1) is 13.8. The lowest BCUT2D eigenvalue weighted by Crippen LogP contribution is -2.62. The standard InChI is InChI=1S/C21H24N4O3S/c1-13-14(2)29-20(22-13)23-17(26)9-6-12-24-19(28)15-7-4-5-8-16(15)25-18(27)10-11-21(24,25)3/h4-5,7-8H,6,9-12H2,1-3H3,(H,22,23,26). The normalized spacial score (nSPS) is 20.7. The van der Waals surface area contributed by atoms with Crippen LogP contribution in [-0.2, 0) is 9.59 Å². The number of carbonyl (C=O) groups excluding carboxylic acids is 3. The Morgan fingerprint density at radius 3 is 2.76 bits per heavy atom. The average molecular weight is 413 g/mol. The van der Waals surface area contributed by atoms with E-state index in [1.54, 1.807) is 15.9 Å². The number of nitrogens with zero attached hydrogens (tertiary/aromatic N) is 3. The zero-order valence-corrected chi connectivity index (χ0v) is 17.6. The van der Waals surface area contributed by atoms with Crippen molar-refractivity contribution in [1.82, 2.24) is 9.88 Å². The van der Waals surface area contributed by atoms with Gasteiger partial charge in [0.1, 0.15) is 5.66 Å². The Hall–Kier alpha value is -2.74. The lowest BCUT2D eigenvalue weighted by Gasteiger charge is -2.48. The quantitative estimate of drug-likeness (QED) is 0.815. The summed E-state index contributed by atoms with van der Waals surface area (Å²) < 4.78 is 0. The Morgan fingerprint density at radius 1 is 1.28 bits per heavy atom. The number of carbonyl (C=O) groups is 3. The number of hydrogen-bond donors (Lipinski definition) is 1. The van der Waals surface area contributed by atoms with Crippen LogP contribution in [0.4, 0.5) is 10.8 Å². The topological polar surface area (TPSA) is 82.6 Å². The summed E-state index contributed by atoms with van der Waals surface area (Å²) in [6, 6.07) is 7.25. The molecule has 1 fully saturated rings. The van der Waals surface area contributed by atoms with E-state index >= 15 is 0 Å². The second-order valence-electron chi connectivity index (χ2n) is 7.73. The molecule has 1 aromatic heterocycles. The van der Waals surface area contributed by atoms with Crippen LogP contribution in [0.1, 0.15) is 53.5 Å². The number of nitrogens with one attached hydrogen (secondary N) is 1. The van der Waals surface area contributed by atoms with E-state index < -0.39 is 5.66 Å². The first-order valence-corrected chi connectivity index (χ1v) is 10.6. The van der Waals surface area contributed by atoms with Crippen molar-refractivity contribution in [2.75, 3.05) is 16.8 Å². The first-order valence-electron chi connectivity index (χ1n) is 9.79. The first kappa shape index (κ1) is 19.6. The Bertz CT molecular complexity index is 982. The second kappa shape index (κ2) is 7.26. The molecule has 2 aromatic rings. The molecule has 3 amide bonds. The van der Waals surface area contributed by atoms with E-state index in [9.17, 15) is 14.4 Å². The SMILES string of the molecule is Cc1nc(NC(=O)CCCN2C(=O)c3ccccc3N3C(=O)CCC23C)sc1C.